The van der Waals surface area contributed by atoms with Crippen LogP contribution in [0.15, 0.2) is 34.4 Å². The zero-order chi connectivity index (χ0) is 8.15. The van der Waals surface area contributed by atoms with Gasteiger partial charge in [-0.15, -0.1) is 0 Å². The summed E-state index contributed by atoms with van der Waals surface area (Å²) in [6, 6.07) is 0. The van der Waals surface area contributed by atoms with E-state index in [-0.39, 0.29) is 0 Å². The molecular weight excluding hydrogens is 167 g/mol. The van der Waals surface area contributed by atoms with Crippen molar-refractivity contribution >= 4 is 23.2 Å². The Morgan fingerprint density at radius 2 is 1.90 bits per heavy atom. The first-order valence-corrected chi connectivity index (χ1v) is 3.69. The molecule has 0 aromatic carbocycles. The van der Waals surface area contributed by atoms with Gasteiger partial charge in [-0.2, -0.15) is 0 Å². The second-order valence-electron chi connectivity index (χ2n) is 1.90. The number of halogens is 2. The fourth-order valence-electron chi connectivity index (χ4n) is 0.537. The van der Waals surface area contributed by atoms with Crippen LogP contribution in [0.25, 0.3) is 0 Å². The number of hydrogen-bond donors (Lipinski definition) is 0. The Hall–Kier alpha value is -0.200. The van der Waals surface area contributed by atoms with Crippen LogP contribution in [0, 0.1) is 0 Å². The summed E-state index contributed by atoms with van der Waals surface area (Å²) in [4.78, 5) is 0. The van der Waals surface area contributed by atoms with Crippen LogP contribution >= 0.6 is 23.2 Å². The summed E-state index contributed by atoms with van der Waals surface area (Å²) in [6.07, 6.45) is 3.79. The molecule has 0 aromatic rings. The zero-order valence-corrected chi connectivity index (χ0v) is 7.63. The lowest BCUT2D eigenvalue weighted by atomic mass is 10.2. The van der Waals surface area contributed by atoms with E-state index >= 15 is 0 Å². The van der Waals surface area contributed by atoms with Crippen LogP contribution in [0.5, 0.6) is 0 Å². The Morgan fingerprint density at radius 1 is 1.40 bits per heavy atom. The highest BCUT2D eigenvalue weighted by molar-refractivity contribution is 6.44. The van der Waals surface area contributed by atoms with Crippen LogP contribution in [0.3, 0.4) is 0 Å². The summed E-state index contributed by atoms with van der Waals surface area (Å²) in [5, 5.41) is 0.914. The van der Waals surface area contributed by atoms with E-state index in [2.05, 4.69) is 6.58 Å². The van der Waals surface area contributed by atoms with E-state index in [1.807, 2.05) is 26.0 Å². The van der Waals surface area contributed by atoms with E-state index < -0.39 is 0 Å². The fraction of sp³-hybridized carbons (Fsp3) is 0.250. The third-order valence-electron chi connectivity index (χ3n) is 1.00. The van der Waals surface area contributed by atoms with Crippen molar-refractivity contribution in [1.29, 1.82) is 0 Å². The lowest BCUT2D eigenvalue weighted by Gasteiger charge is -1.96. The van der Waals surface area contributed by atoms with Gasteiger partial charge in [-0.25, -0.2) is 0 Å². The second kappa shape index (κ2) is 4.59. The molecule has 0 bridgehead atoms. The van der Waals surface area contributed by atoms with Crippen LogP contribution in [-0.2, 0) is 0 Å². The summed E-state index contributed by atoms with van der Waals surface area (Å²) in [7, 11) is 0. The Kier molecular flexibility index (Phi) is 4.50. The van der Waals surface area contributed by atoms with Gasteiger partial charge >= 0.3 is 0 Å². The summed E-state index contributed by atoms with van der Waals surface area (Å²) in [6.45, 7) is 7.31. The van der Waals surface area contributed by atoms with Crippen molar-refractivity contribution < 1.29 is 0 Å². The molecule has 0 atom stereocenters. The topological polar surface area (TPSA) is 0 Å². The molecule has 0 unspecified atom stereocenters. The Morgan fingerprint density at radius 3 is 2.20 bits per heavy atom. The molecule has 0 amide bonds. The quantitative estimate of drug-likeness (QED) is 0.562. The van der Waals surface area contributed by atoms with E-state index in [1.54, 1.807) is 0 Å². The minimum Gasteiger partial charge on any atom is -0.0873 e. The summed E-state index contributed by atoms with van der Waals surface area (Å²) in [5.74, 6) is 0. The van der Waals surface area contributed by atoms with Crippen LogP contribution in [0.1, 0.15) is 13.8 Å². The van der Waals surface area contributed by atoms with Gasteiger partial charge in [0, 0.05) is 0 Å². The predicted octanol–water partition coefficient (Wildman–Crippen LogP) is 3.83. The standard InChI is InChI=1S/C8H10Cl2/c1-4-5-6(2)8(10)7(3)9/h4-5H,3H2,1-2H3/b5-4-,8-6+. The highest BCUT2D eigenvalue weighted by Gasteiger charge is 1.96. The largest absolute Gasteiger partial charge is 0.0873 e. The fourth-order valence-corrected chi connectivity index (χ4v) is 0.749. The normalized spacial score (nSPS) is 13.6. The number of rotatable bonds is 2. The molecule has 0 aromatic heterocycles. The molecule has 0 N–H and O–H groups in total. The third-order valence-corrected chi connectivity index (χ3v) is 1.81. The average Bonchev–Trinajstić information content (AvgIpc) is 1.87. The van der Waals surface area contributed by atoms with Gasteiger partial charge in [0.1, 0.15) is 0 Å². The summed E-state index contributed by atoms with van der Waals surface area (Å²) in [5.41, 5.74) is 0.934. The van der Waals surface area contributed by atoms with Gasteiger partial charge in [0.25, 0.3) is 0 Å². The van der Waals surface area contributed by atoms with Crippen molar-refractivity contribution in [2.45, 2.75) is 13.8 Å². The van der Waals surface area contributed by atoms with Crippen LogP contribution in [0.2, 0.25) is 0 Å². The number of hydrogen-bond acceptors (Lipinski definition) is 0. The Balaban J connectivity index is 4.50. The third kappa shape index (κ3) is 3.09. The van der Waals surface area contributed by atoms with E-state index in [9.17, 15) is 0 Å². The van der Waals surface area contributed by atoms with E-state index in [1.165, 1.54) is 0 Å². The van der Waals surface area contributed by atoms with E-state index in [0.717, 1.165) is 5.57 Å². The molecular formula is C8H10Cl2. The lowest BCUT2D eigenvalue weighted by molar-refractivity contribution is 1.48. The maximum absolute atomic E-state index is 5.74. The van der Waals surface area contributed by atoms with Crippen LogP contribution in [0.4, 0.5) is 0 Å². The highest BCUT2D eigenvalue weighted by atomic mass is 35.5. The monoisotopic (exact) mass is 176 g/mol. The molecule has 0 aliphatic rings. The van der Waals surface area contributed by atoms with Crippen molar-refractivity contribution in [3.8, 4) is 0 Å². The molecule has 0 aliphatic carbocycles. The minimum absolute atomic E-state index is 0.386. The first kappa shape index (κ1) is 9.80. The molecule has 0 radical (unpaired) electrons. The Bertz CT molecular complexity index is 187. The molecule has 0 aliphatic heterocycles. The maximum Gasteiger partial charge on any atom is 0.0615 e. The van der Waals surface area contributed by atoms with Crippen molar-refractivity contribution in [3.63, 3.8) is 0 Å². The Labute approximate surface area is 71.8 Å². The van der Waals surface area contributed by atoms with Crippen molar-refractivity contribution in [1.82, 2.24) is 0 Å². The molecule has 56 valence electrons. The molecule has 0 nitrogen and oxygen atoms in total. The molecule has 0 spiro atoms. The lowest BCUT2D eigenvalue weighted by Crippen LogP contribution is -1.75. The summed E-state index contributed by atoms with van der Waals surface area (Å²) >= 11 is 11.3. The molecule has 0 rings (SSSR count). The minimum atomic E-state index is 0.386. The SMILES string of the molecule is C=C(Cl)/C(Cl)=C(C)\C=C/C. The summed E-state index contributed by atoms with van der Waals surface area (Å²) < 4.78 is 0. The molecule has 0 saturated heterocycles. The molecule has 0 heterocycles. The highest BCUT2D eigenvalue weighted by Crippen LogP contribution is 2.21. The van der Waals surface area contributed by atoms with Crippen LogP contribution < -0.4 is 0 Å². The van der Waals surface area contributed by atoms with Crippen molar-refractivity contribution in [3.05, 3.63) is 34.4 Å². The maximum atomic E-state index is 5.74. The van der Waals surface area contributed by atoms with Gasteiger partial charge in [-0.05, 0) is 19.4 Å². The molecule has 2 heteroatoms. The van der Waals surface area contributed by atoms with Gasteiger partial charge in [-0.1, -0.05) is 41.9 Å². The number of allylic oxidation sites excluding steroid dienone is 5. The van der Waals surface area contributed by atoms with E-state index in [4.69, 9.17) is 23.2 Å². The van der Waals surface area contributed by atoms with Crippen molar-refractivity contribution in [2.75, 3.05) is 0 Å². The first-order valence-electron chi connectivity index (χ1n) is 2.93. The predicted molar refractivity (Wildman–Crippen MR) is 48.4 cm³/mol. The van der Waals surface area contributed by atoms with Gasteiger partial charge < -0.3 is 0 Å². The molecule has 10 heavy (non-hydrogen) atoms. The van der Waals surface area contributed by atoms with E-state index in [0.29, 0.717) is 10.1 Å². The average molecular weight is 177 g/mol. The van der Waals surface area contributed by atoms with Gasteiger partial charge in [0.05, 0.1) is 10.1 Å². The first-order chi connectivity index (χ1) is 4.59. The van der Waals surface area contributed by atoms with Gasteiger partial charge in [-0.3, -0.25) is 0 Å². The molecule has 0 saturated carbocycles. The van der Waals surface area contributed by atoms with Crippen LogP contribution in [-0.4, -0.2) is 0 Å². The smallest absolute Gasteiger partial charge is 0.0615 e. The van der Waals surface area contributed by atoms with Gasteiger partial charge in [0.2, 0.25) is 0 Å². The molecule has 0 fully saturated rings. The zero-order valence-electron chi connectivity index (χ0n) is 6.12. The van der Waals surface area contributed by atoms with Gasteiger partial charge in [0.15, 0.2) is 0 Å². The van der Waals surface area contributed by atoms with Crippen molar-refractivity contribution in [2.24, 2.45) is 0 Å². The second-order valence-corrected chi connectivity index (χ2v) is 2.74.